The van der Waals surface area contributed by atoms with Crippen molar-refractivity contribution in [2.75, 3.05) is 6.61 Å². The highest BCUT2D eigenvalue weighted by Crippen LogP contribution is 2.60. The highest BCUT2D eigenvalue weighted by molar-refractivity contribution is 5.09. The summed E-state index contributed by atoms with van der Waals surface area (Å²) in [4.78, 5) is 41.5. The lowest BCUT2D eigenvalue weighted by molar-refractivity contribution is -0.577. The predicted molar refractivity (Wildman–Crippen MR) is 130 cm³/mol. The molecule has 0 radical (unpaired) electrons. The molecule has 5 saturated heterocycles. The summed E-state index contributed by atoms with van der Waals surface area (Å²) in [5, 5.41) is 3.90. The molecule has 6 fully saturated rings. The molecule has 13 nitrogen and oxygen atoms in total. The molecule has 6 heterocycles. The largest absolute Gasteiger partial charge is 0.352 e. The van der Waals surface area contributed by atoms with E-state index in [1.54, 1.807) is 6.92 Å². The molecule has 38 heavy (non-hydrogen) atoms. The molecule has 0 unspecified atom stereocenters. The first kappa shape index (κ1) is 26.0. The summed E-state index contributed by atoms with van der Waals surface area (Å²) in [5.41, 5.74) is 7.80. The van der Waals surface area contributed by atoms with Crippen molar-refractivity contribution in [2.45, 2.75) is 102 Å². The Labute approximate surface area is 219 Å². The van der Waals surface area contributed by atoms with E-state index in [0.717, 1.165) is 25.7 Å². The van der Waals surface area contributed by atoms with Gasteiger partial charge in [0.05, 0.1) is 18.8 Å². The molecule has 5 aliphatic heterocycles. The van der Waals surface area contributed by atoms with Gasteiger partial charge >= 0.3 is 5.69 Å². The van der Waals surface area contributed by atoms with Crippen LogP contribution in [0, 0.1) is 30.6 Å². The average molecular weight is 534 g/mol. The molecule has 1 saturated carbocycles. The average Bonchev–Trinajstić information content (AvgIpc) is 3.13. The van der Waals surface area contributed by atoms with Crippen molar-refractivity contribution in [1.29, 1.82) is 0 Å². The van der Waals surface area contributed by atoms with Crippen molar-refractivity contribution in [1.82, 2.24) is 9.55 Å². The lowest BCUT2D eigenvalue weighted by Crippen LogP contribution is -2.70. The van der Waals surface area contributed by atoms with E-state index in [-0.39, 0.29) is 30.8 Å². The van der Waals surface area contributed by atoms with Gasteiger partial charge < -0.3 is 18.9 Å². The molecular formula is C25H35N5O8. The van der Waals surface area contributed by atoms with Gasteiger partial charge in [-0.3, -0.25) is 14.3 Å². The summed E-state index contributed by atoms with van der Waals surface area (Å²) in [7, 11) is 0. The van der Waals surface area contributed by atoms with Crippen LogP contribution in [-0.4, -0.2) is 52.3 Å². The summed E-state index contributed by atoms with van der Waals surface area (Å²) in [6, 6.07) is -0.560. The first-order valence-electron chi connectivity index (χ1n) is 13.5. The number of nitrogens with one attached hydrogen (secondary N) is 1. The zero-order valence-corrected chi connectivity index (χ0v) is 22.1. The Hall–Kier alpha value is -2.25. The van der Waals surface area contributed by atoms with Crippen LogP contribution in [-0.2, 0) is 28.7 Å². The molecule has 1 aromatic rings. The second-order valence-corrected chi connectivity index (χ2v) is 11.7. The maximum absolute atomic E-state index is 12.4. The minimum absolute atomic E-state index is 0.0181. The molecule has 7 rings (SSSR count). The van der Waals surface area contributed by atoms with Crippen molar-refractivity contribution in [3.63, 3.8) is 0 Å². The van der Waals surface area contributed by atoms with Crippen molar-refractivity contribution in [2.24, 2.45) is 28.8 Å². The van der Waals surface area contributed by atoms with Crippen molar-refractivity contribution in [3.8, 4) is 0 Å². The van der Waals surface area contributed by atoms with Gasteiger partial charge in [0, 0.05) is 41.3 Å². The molecule has 0 amide bonds. The van der Waals surface area contributed by atoms with Gasteiger partial charge in [0.2, 0.25) is 5.79 Å². The molecule has 13 heteroatoms. The van der Waals surface area contributed by atoms with Gasteiger partial charge in [0.25, 0.3) is 5.56 Å². The van der Waals surface area contributed by atoms with E-state index in [2.05, 4.69) is 28.9 Å². The fourth-order valence-electron chi connectivity index (χ4n) is 7.28. The fraction of sp³-hybridized carbons (Fsp3) is 0.840. The van der Waals surface area contributed by atoms with E-state index in [4.69, 9.17) is 34.3 Å². The first-order valence-corrected chi connectivity index (χ1v) is 13.5. The SMILES string of the molecule is Cc1cn([C@H]2C[C@H](N=[N+]=[N-])[C@@H](CO[C@H]3O[C@@H]4O[C@]5(C)CC[C@H]6[C@H](C)CC[C@@H]([C@H]3C)[C@@]46OO5)O2)c(=O)[nH]c1=O. The number of hydrogen-bond acceptors (Lipinski definition) is 9. The standard InChI is InChI=1S/C25H35N5O8/c1-12-5-6-16-14(3)21(35-22-25(16)15(12)7-8-24(4,36-22)37-38-25)33-11-18-17(28-29-26)9-19(34-18)30-10-13(2)20(31)27-23(30)32/h10,12,14-19,21-22H,5-9,11H2,1-4H3,(H,27,31,32)/t12-,14-,15+,16+,17+,18-,19-,21+,22-,24+,25-/m1/s1. The second-order valence-electron chi connectivity index (χ2n) is 11.7. The van der Waals surface area contributed by atoms with Gasteiger partial charge in [-0.25, -0.2) is 14.6 Å². The summed E-state index contributed by atoms with van der Waals surface area (Å²) >= 11 is 0. The monoisotopic (exact) mass is 533 g/mol. The third-order valence-electron chi connectivity index (χ3n) is 9.38. The molecule has 2 bridgehead atoms. The van der Waals surface area contributed by atoms with E-state index in [1.807, 2.05) is 6.92 Å². The number of fused-ring (bicyclic) bond motifs is 2. The Kier molecular flexibility index (Phi) is 6.46. The van der Waals surface area contributed by atoms with E-state index in [9.17, 15) is 9.59 Å². The normalized spacial score (nSPS) is 45.7. The Morgan fingerprint density at radius 3 is 2.82 bits per heavy atom. The van der Waals surface area contributed by atoms with Gasteiger partial charge in [-0.1, -0.05) is 19.0 Å². The number of aromatic nitrogens is 2. The van der Waals surface area contributed by atoms with Crippen LogP contribution in [0.3, 0.4) is 0 Å². The van der Waals surface area contributed by atoms with Crippen LogP contribution in [0.15, 0.2) is 20.9 Å². The summed E-state index contributed by atoms with van der Waals surface area (Å²) in [6.45, 7) is 7.95. The first-order chi connectivity index (χ1) is 18.1. The van der Waals surface area contributed by atoms with Gasteiger partial charge in [-0.2, -0.15) is 0 Å². The summed E-state index contributed by atoms with van der Waals surface area (Å²) in [6.07, 6.45) is 2.89. The van der Waals surface area contributed by atoms with Crippen molar-refractivity contribution >= 4 is 0 Å². The fourth-order valence-corrected chi connectivity index (χ4v) is 7.28. The lowest BCUT2D eigenvalue weighted by atomic mass is 9.58. The molecule has 1 aliphatic carbocycles. The zero-order chi connectivity index (χ0) is 26.8. The van der Waals surface area contributed by atoms with Crippen LogP contribution >= 0.6 is 0 Å². The highest BCUT2D eigenvalue weighted by atomic mass is 17.3. The number of ether oxygens (including phenoxy) is 4. The van der Waals surface area contributed by atoms with E-state index in [0.29, 0.717) is 11.5 Å². The molecule has 1 aromatic heterocycles. The maximum atomic E-state index is 12.4. The molecule has 208 valence electrons. The van der Waals surface area contributed by atoms with Gasteiger partial charge in [-0.15, -0.1) is 0 Å². The maximum Gasteiger partial charge on any atom is 0.330 e. The Morgan fingerprint density at radius 2 is 2.03 bits per heavy atom. The predicted octanol–water partition coefficient (Wildman–Crippen LogP) is 3.04. The Balaban J connectivity index is 1.21. The third kappa shape index (κ3) is 4.03. The Bertz CT molecular complexity index is 1250. The molecule has 1 spiro atoms. The van der Waals surface area contributed by atoms with Crippen molar-refractivity contribution in [3.05, 3.63) is 43.0 Å². The van der Waals surface area contributed by atoms with Crippen LogP contribution in [0.5, 0.6) is 0 Å². The molecule has 1 N–H and O–H groups in total. The number of hydrogen-bond donors (Lipinski definition) is 1. The van der Waals surface area contributed by atoms with Crippen LogP contribution in [0.1, 0.15) is 64.7 Å². The Morgan fingerprint density at radius 1 is 1.21 bits per heavy atom. The summed E-state index contributed by atoms with van der Waals surface area (Å²) in [5.74, 6) is -0.0631. The van der Waals surface area contributed by atoms with Crippen molar-refractivity contribution < 1.29 is 28.7 Å². The molecule has 11 atom stereocenters. The van der Waals surface area contributed by atoms with Gasteiger partial charge in [-0.05, 0) is 50.5 Å². The minimum Gasteiger partial charge on any atom is -0.352 e. The molecule has 6 aliphatic rings. The highest BCUT2D eigenvalue weighted by Gasteiger charge is 2.69. The number of nitrogens with zero attached hydrogens (tertiary/aromatic N) is 4. The van der Waals surface area contributed by atoms with Crippen LogP contribution in [0.2, 0.25) is 0 Å². The number of rotatable bonds is 5. The number of aromatic amines is 1. The third-order valence-corrected chi connectivity index (χ3v) is 9.38. The topological polar surface area (TPSA) is 159 Å². The van der Waals surface area contributed by atoms with Crippen LogP contribution in [0.25, 0.3) is 10.4 Å². The summed E-state index contributed by atoms with van der Waals surface area (Å²) < 4.78 is 26.6. The number of H-pyrrole nitrogens is 1. The zero-order valence-electron chi connectivity index (χ0n) is 22.1. The smallest absolute Gasteiger partial charge is 0.330 e. The second kappa shape index (κ2) is 9.44. The van der Waals surface area contributed by atoms with Crippen LogP contribution in [0.4, 0.5) is 0 Å². The van der Waals surface area contributed by atoms with Crippen LogP contribution < -0.4 is 11.2 Å². The number of azide groups is 1. The molecular weight excluding hydrogens is 498 g/mol. The molecule has 0 aromatic carbocycles. The number of aryl methyl sites for hydroxylation is 1. The van der Waals surface area contributed by atoms with Gasteiger partial charge in [0.1, 0.15) is 6.23 Å². The van der Waals surface area contributed by atoms with Gasteiger partial charge in [0.15, 0.2) is 18.2 Å². The van der Waals surface area contributed by atoms with E-state index in [1.165, 1.54) is 10.8 Å². The minimum atomic E-state index is -0.876. The lowest BCUT2D eigenvalue weighted by Gasteiger charge is -2.60. The quantitative estimate of drug-likeness (QED) is 0.262. The van der Waals surface area contributed by atoms with E-state index < -0.39 is 53.6 Å². The van der Waals surface area contributed by atoms with E-state index >= 15 is 0 Å².